The molecule has 0 aromatic carbocycles. The third-order valence-electron chi connectivity index (χ3n) is 6.11. The number of fused-ring (bicyclic) bond motifs is 1. The molecule has 1 fully saturated rings. The van der Waals surface area contributed by atoms with Gasteiger partial charge < -0.3 is 4.52 Å². The van der Waals surface area contributed by atoms with Crippen molar-refractivity contribution in [3.05, 3.63) is 64.0 Å². The topological polar surface area (TPSA) is 77.1 Å². The lowest BCUT2D eigenvalue weighted by atomic mass is 9.96. The van der Waals surface area contributed by atoms with Crippen molar-refractivity contribution < 1.29 is 4.52 Å². The van der Waals surface area contributed by atoms with E-state index in [-0.39, 0.29) is 11.6 Å². The van der Waals surface area contributed by atoms with E-state index in [2.05, 4.69) is 20.1 Å². The zero-order valence-corrected chi connectivity index (χ0v) is 16.5. The Hall–Kier alpha value is -2.80. The third kappa shape index (κ3) is 3.74. The van der Waals surface area contributed by atoms with Crippen LogP contribution in [-0.2, 0) is 25.9 Å². The smallest absolute Gasteiger partial charge is 0.266 e. The maximum absolute atomic E-state index is 12.4. The van der Waals surface area contributed by atoms with Crippen LogP contribution in [-0.4, -0.2) is 37.4 Å². The molecule has 1 atom stereocenters. The minimum absolute atomic E-state index is 0.0616. The quantitative estimate of drug-likeness (QED) is 0.666. The van der Waals surface area contributed by atoms with E-state index in [1.807, 2.05) is 12.1 Å². The molecule has 0 bridgehead atoms. The van der Waals surface area contributed by atoms with Crippen molar-refractivity contribution >= 4 is 0 Å². The molecule has 1 aliphatic carbocycles. The fourth-order valence-electron chi connectivity index (χ4n) is 4.53. The average Bonchev–Trinajstić information content (AvgIpc) is 3.38. The SMILES string of the molecule is O=c1ccc(-c2ccncc2)nn1CC1CCCN1Cc1noc2c1CCCC2. The fraction of sp³-hybridized carbons (Fsp3) is 0.455. The Morgan fingerprint density at radius 3 is 2.83 bits per heavy atom. The summed E-state index contributed by atoms with van der Waals surface area (Å²) >= 11 is 0. The lowest BCUT2D eigenvalue weighted by Crippen LogP contribution is -2.37. The summed E-state index contributed by atoms with van der Waals surface area (Å²) in [5.41, 5.74) is 4.09. The number of pyridine rings is 1. The van der Waals surface area contributed by atoms with Crippen LogP contribution in [0.4, 0.5) is 0 Å². The van der Waals surface area contributed by atoms with Crippen molar-refractivity contribution in [2.75, 3.05) is 6.54 Å². The van der Waals surface area contributed by atoms with Gasteiger partial charge in [0.15, 0.2) is 0 Å². The Morgan fingerprint density at radius 2 is 1.93 bits per heavy atom. The number of aryl methyl sites for hydroxylation is 1. The molecule has 2 aliphatic rings. The molecule has 0 N–H and O–H groups in total. The van der Waals surface area contributed by atoms with Gasteiger partial charge in [0.2, 0.25) is 0 Å². The van der Waals surface area contributed by atoms with Gasteiger partial charge in [-0.05, 0) is 56.8 Å². The zero-order chi connectivity index (χ0) is 19.6. The molecule has 7 nitrogen and oxygen atoms in total. The summed E-state index contributed by atoms with van der Waals surface area (Å²) in [5, 5.41) is 8.99. The van der Waals surface area contributed by atoms with E-state index < -0.39 is 0 Å². The second-order valence-electron chi connectivity index (χ2n) is 7.98. The fourth-order valence-corrected chi connectivity index (χ4v) is 4.53. The summed E-state index contributed by atoms with van der Waals surface area (Å²) in [5.74, 6) is 1.07. The first-order valence-corrected chi connectivity index (χ1v) is 10.5. The van der Waals surface area contributed by atoms with Crippen molar-refractivity contribution in [2.45, 2.75) is 57.7 Å². The molecule has 0 radical (unpaired) electrons. The van der Waals surface area contributed by atoms with Crippen LogP contribution < -0.4 is 5.56 Å². The number of likely N-dealkylation sites (tertiary alicyclic amines) is 1. The van der Waals surface area contributed by atoms with Crippen molar-refractivity contribution in [2.24, 2.45) is 0 Å². The highest BCUT2D eigenvalue weighted by atomic mass is 16.5. The molecule has 0 spiro atoms. The molecular weight excluding hydrogens is 366 g/mol. The van der Waals surface area contributed by atoms with Crippen LogP contribution in [0.25, 0.3) is 11.3 Å². The number of hydrogen-bond donors (Lipinski definition) is 0. The van der Waals surface area contributed by atoms with Crippen molar-refractivity contribution in [3.63, 3.8) is 0 Å². The van der Waals surface area contributed by atoms with Gasteiger partial charge in [0.1, 0.15) is 11.5 Å². The predicted molar refractivity (Wildman–Crippen MR) is 108 cm³/mol. The van der Waals surface area contributed by atoms with Crippen LogP contribution in [0.15, 0.2) is 46.0 Å². The van der Waals surface area contributed by atoms with E-state index in [1.54, 1.807) is 29.2 Å². The number of rotatable bonds is 5. The van der Waals surface area contributed by atoms with E-state index in [4.69, 9.17) is 4.52 Å². The summed E-state index contributed by atoms with van der Waals surface area (Å²) < 4.78 is 7.19. The summed E-state index contributed by atoms with van der Waals surface area (Å²) in [7, 11) is 0. The van der Waals surface area contributed by atoms with Gasteiger partial charge in [-0.1, -0.05) is 5.16 Å². The van der Waals surface area contributed by atoms with E-state index in [0.717, 1.165) is 61.5 Å². The zero-order valence-electron chi connectivity index (χ0n) is 16.5. The Kier molecular flexibility index (Phi) is 4.97. The van der Waals surface area contributed by atoms with Gasteiger partial charge >= 0.3 is 0 Å². The second-order valence-corrected chi connectivity index (χ2v) is 7.98. The van der Waals surface area contributed by atoms with E-state index >= 15 is 0 Å². The summed E-state index contributed by atoms with van der Waals surface area (Å²) in [6.45, 7) is 2.41. The van der Waals surface area contributed by atoms with Crippen LogP contribution in [0, 0.1) is 0 Å². The lowest BCUT2D eigenvalue weighted by Gasteiger charge is -2.24. The molecule has 4 heterocycles. The standard InChI is InChI=1S/C22H25N5O2/c28-22-8-7-19(16-9-11-23-12-10-16)24-27(22)14-17-4-3-13-26(17)15-20-18-5-1-2-6-21(18)29-25-20/h7-12,17H,1-6,13-15H2. The van der Waals surface area contributed by atoms with Gasteiger partial charge in [0, 0.05) is 48.6 Å². The van der Waals surface area contributed by atoms with E-state index in [0.29, 0.717) is 6.54 Å². The Labute approximate surface area is 169 Å². The van der Waals surface area contributed by atoms with Crippen LogP contribution in [0.1, 0.15) is 42.7 Å². The molecule has 29 heavy (non-hydrogen) atoms. The van der Waals surface area contributed by atoms with E-state index in [9.17, 15) is 4.79 Å². The van der Waals surface area contributed by atoms with Gasteiger partial charge in [0.05, 0.1) is 12.2 Å². The first kappa shape index (κ1) is 18.2. The monoisotopic (exact) mass is 391 g/mol. The maximum Gasteiger partial charge on any atom is 0.266 e. The molecule has 1 unspecified atom stereocenters. The van der Waals surface area contributed by atoms with Gasteiger partial charge in [-0.15, -0.1) is 0 Å². The minimum atomic E-state index is -0.0616. The molecular formula is C22H25N5O2. The largest absolute Gasteiger partial charge is 0.361 e. The summed E-state index contributed by atoms with van der Waals surface area (Å²) in [6, 6.07) is 7.49. The first-order valence-electron chi connectivity index (χ1n) is 10.5. The Morgan fingerprint density at radius 1 is 1.07 bits per heavy atom. The molecule has 7 heteroatoms. The van der Waals surface area contributed by atoms with Crippen molar-refractivity contribution in [1.82, 2.24) is 24.8 Å². The maximum atomic E-state index is 12.4. The first-order chi connectivity index (χ1) is 14.3. The number of aromatic nitrogens is 4. The van der Waals surface area contributed by atoms with Crippen LogP contribution in [0.5, 0.6) is 0 Å². The highest BCUT2D eigenvalue weighted by Crippen LogP contribution is 2.28. The van der Waals surface area contributed by atoms with Crippen molar-refractivity contribution in [3.8, 4) is 11.3 Å². The summed E-state index contributed by atoms with van der Waals surface area (Å²) in [6.07, 6.45) is 10.2. The molecule has 5 rings (SSSR count). The predicted octanol–water partition coefficient (Wildman–Crippen LogP) is 2.84. The molecule has 0 amide bonds. The second kappa shape index (κ2) is 7.91. The highest BCUT2D eigenvalue weighted by Gasteiger charge is 2.28. The molecule has 3 aromatic heterocycles. The van der Waals surface area contributed by atoms with Crippen LogP contribution in [0.2, 0.25) is 0 Å². The van der Waals surface area contributed by atoms with Gasteiger partial charge in [-0.2, -0.15) is 5.10 Å². The van der Waals surface area contributed by atoms with Gasteiger partial charge in [-0.3, -0.25) is 14.7 Å². The van der Waals surface area contributed by atoms with Crippen LogP contribution in [0.3, 0.4) is 0 Å². The van der Waals surface area contributed by atoms with E-state index in [1.165, 1.54) is 18.4 Å². The summed E-state index contributed by atoms with van der Waals surface area (Å²) in [4.78, 5) is 18.9. The van der Waals surface area contributed by atoms with Crippen molar-refractivity contribution in [1.29, 1.82) is 0 Å². The Balaban J connectivity index is 1.35. The molecule has 0 saturated carbocycles. The normalized spacial score (nSPS) is 19.4. The Bertz CT molecular complexity index is 1040. The number of hydrogen-bond acceptors (Lipinski definition) is 6. The molecule has 1 saturated heterocycles. The number of nitrogens with zero attached hydrogens (tertiary/aromatic N) is 5. The minimum Gasteiger partial charge on any atom is -0.361 e. The molecule has 150 valence electrons. The van der Waals surface area contributed by atoms with Gasteiger partial charge in [0.25, 0.3) is 5.56 Å². The molecule has 3 aromatic rings. The van der Waals surface area contributed by atoms with Crippen LogP contribution >= 0.6 is 0 Å². The third-order valence-corrected chi connectivity index (χ3v) is 6.11. The molecule has 1 aliphatic heterocycles. The lowest BCUT2D eigenvalue weighted by molar-refractivity contribution is 0.210. The average molecular weight is 391 g/mol. The van der Waals surface area contributed by atoms with Gasteiger partial charge in [-0.25, -0.2) is 4.68 Å². The highest BCUT2D eigenvalue weighted by molar-refractivity contribution is 5.56.